The van der Waals surface area contributed by atoms with Crippen LogP contribution >= 0.6 is 0 Å². The molecule has 0 aliphatic rings. The Morgan fingerprint density at radius 1 is 1.25 bits per heavy atom. The smallest absolute Gasteiger partial charge is 0.0831 e. The molecule has 1 heterocycles. The zero-order valence-corrected chi connectivity index (χ0v) is 9.43. The summed E-state index contributed by atoms with van der Waals surface area (Å²) in [5.41, 5.74) is 8.42. The van der Waals surface area contributed by atoms with Crippen LogP contribution in [0.1, 0.15) is 25.5 Å². The lowest BCUT2D eigenvalue weighted by Gasteiger charge is -1.99. The number of nitrogen functional groups attached to an aromatic ring is 1. The number of nitrogens with two attached hydrogens (primary N) is 1. The highest BCUT2D eigenvalue weighted by Gasteiger charge is 2.01. The van der Waals surface area contributed by atoms with Crippen LogP contribution in [-0.2, 0) is 6.42 Å². The van der Waals surface area contributed by atoms with E-state index in [1.54, 1.807) is 4.68 Å². The van der Waals surface area contributed by atoms with Gasteiger partial charge in [-0.3, -0.25) is 0 Å². The number of aromatic nitrogens is 3. The zero-order valence-electron chi connectivity index (χ0n) is 9.43. The van der Waals surface area contributed by atoms with Crippen LogP contribution in [0.3, 0.4) is 0 Å². The fraction of sp³-hybridized carbons (Fsp3) is 0.333. The van der Waals surface area contributed by atoms with Crippen LogP contribution < -0.4 is 5.73 Å². The maximum Gasteiger partial charge on any atom is 0.0831 e. The van der Waals surface area contributed by atoms with Gasteiger partial charge in [-0.05, 0) is 37.1 Å². The Morgan fingerprint density at radius 2 is 2.00 bits per heavy atom. The summed E-state index contributed by atoms with van der Waals surface area (Å²) in [7, 11) is 0. The number of benzene rings is 1. The summed E-state index contributed by atoms with van der Waals surface area (Å²) in [5.74, 6) is 0. The predicted molar refractivity (Wildman–Crippen MR) is 64.4 cm³/mol. The lowest BCUT2D eigenvalue weighted by Crippen LogP contribution is -1.95. The molecule has 0 unspecified atom stereocenters. The van der Waals surface area contributed by atoms with Gasteiger partial charge in [-0.2, -0.15) is 0 Å². The van der Waals surface area contributed by atoms with Crippen molar-refractivity contribution in [2.45, 2.75) is 26.2 Å². The molecule has 16 heavy (non-hydrogen) atoms. The van der Waals surface area contributed by atoms with Gasteiger partial charge in [0.1, 0.15) is 0 Å². The van der Waals surface area contributed by atoms with E-state index < -0.39 is 0 Å². The number of aryl methyl sites for hydroxylation is 1. The minimum atomic E-state index is 0.759. The monoisotopic (exact) mass is 216 g/mol. The normalized spacial score (nSPS) is 10.6. The second kappa shape index (κ2) is 4.79. The third-order valence-corrected chi connectivity index (χ3v) is 2.48. The lowest BCUT2D eigenvalue weighted by atomic mass is 10.2. The maximum atomic E-state index is 5.63. The molecule has 1 aromatic heterocycles. The minimum Gasteiger partial charge on any atom is -0.399 e. The van der Waals surface area contributed by atoms with Gasteiger partial charge < -0.3 is 5.73 Å². The van der Waals surface area contributed by atoms with Crippen molar-refractivity contribution in [3.05, 3.63) is 36.2 Å². The molecule has 4 heteroatoms. The number of hydrogen-bond acceptors (Lipinski definition) is 3. The number of rotatable bonds is 4. The highest BCUT2D eigenvalue weighted by molar-refractivity contribution is 5.44. The SMILES string of the molecule is CCCCc1cn(-c2ccc(N)cc2)nn1. The highest BCUT2D eigenvalue weighted by Crippen LogP contribution is 2.10. The van der Waals surface area contributed by atoms with Crippen LogP contribution in [-0.4, -0.2) is 15.0 Å². The van der Waals surface area contributed by atoms with Crippen LogP contribution in [0.15, 0.2) is 30.5 Å². The molecule has 0 aliphatic heterocycles. The first-order valence-electron chi connectivity index (χ1n) is 5.56. The predicted octanol–water partition coefficient (Wildman–Crippen LogP) is 2.19. The van der Waals surface area contributed by atoms with Crippen molar-refractivity contribution in [2.24, 2.45) is 0 Å². The number of nitrogens with zero attached hydrogens (tertiary/aromatic N) is 3. The van der Waals surface area contributed by atoms with Crippen molar-refractivity contribution in [3.8, 4) is 5.69 Å². The third-order valence-electron chi connectivity index (χ3n) is 2.48. The summed E-state index contributed by atoms with van der Waals surface area (Å²) in [5, 5.41) is 8.23. The second-order valence-electron chi connectivity index (χ2n) is 3.85. The van der Waals surface area contributed by atoms with Gasteiger partial charge in [-0.1, -0.05) is 18.6 Å². The Bertz CT molecular complexity index is 444. The molecule has 0 spiro atoms. The van der Waals surface area contributed by atoms with Gasteiger partial charge in [-0.25, -0.2) is 4.68 Å². The van der Waals surface area contributed by atoms with E-state index in [1.807, 2.05) is 30.5 Å². The molecule has 0 amide bonds. The van der Waals surface area contributed by atoms with E-state index in [0.29, 0.717) is 0 Å². The molecule has 2 N–H and O–H groups in total. The van der Waals surface area contributed by atoms with Crippen LogP contribution in [0, 0.1) is 0 Å². The van der Waals surface area contributed by atoms with Crippen molar-refractivity contribution in [2.75, 3.05) is 5.73 Å². The molecule has 0 bridgehead atoms. The summed E-state index contributed by atoms with van der Waals surface area (Å²) in [6, 6.07) is 7.60. The van der Waals surface area contributed by atoms with Gasteiger partial charge in [0, 0.05) is 5.69 Å². The summed E-state index contributed by atoms with van der Waals surface area (Å²) < 4.78 is 1.78. The third kappa shape index (κ3) is 2.39. The Kier molecular flexibility index (Phi) is 3.19. The average molecular weight is 216 g/mol. The fourth-order valence-electron chi connectivity index (χ4n) is 1.52. The van der Waals surface area contributed by atoms with Crippen LogP contribution in [0.5, 0.6) is 0 Å². The van der Waals surface area contributed by atoms with E-state index in [2.05, 4.69) is 17.2 Å². The van der Waals surface area contributed by atoms with Gasteiger partial charge >= 0.3 is 0 Å². The van der Waals surface area contributed by atoms with Crippen molar-refractivity contribution in [1.29, 1.82) is 0 Å². The lowest BCUT2D eigenvalue weighted by molar-refractivity contribution is 0.761. The molecule has 0 saturated heterocycles. The summed E-state index contributed by atoms with van der Waals surface area (Å²) in [6.45, 7) is 2.17. The van der Waals surface area contributed by atoms with E-state index >= 15 is 0 Å². The summed E-state index contributed by atoms with van der Waals surface area (Å²) >= 11 is 0. The molecule has 0 radical (unpaired) electrons. The van der Waals surface area contributed by atoms with Gasteiger partial charge in [0.15, 0.2) is 0 Å². The first-order chi connectivity index (χ1) is 7.79. The summed E-state index contributed by atoms with van der Waals surface area (Å²) in [4.78, 5) is 0. The van der Waals surface area contributed by atoms with Gasteiger partial charge in [-0.15, -0.1) is 5.10 Å². The number of anilines is 1. The summed E-state index contributed by atoms with van der Waals surface area (Å²) in [6.07, 6.45) is 5.29. The van der Waals surface area contributed by atoms with E-state index in [1.165, 1.54) is 6.42 Å². The Hall–Kier alpha value is -1.84. The molecule has 2 rings (SSSR count). The van der Waals surface area contributed by atoms with Gasteiger partial charge in [0.2, 0.25) is 0 Å². The zero-order chi connectivity index (χ0) is 11.4. The van der Waals surface area contributed by atoms with Crippen molar-refractivity contribution in [3.63, 3.8) is 0 Å². The van der Waals surface area contributed by atoms with Crippen LogP contribution in [0.2, 0.25) is 0 Å². The maximum absolute atomic E-state index is 5.63. The Balaban J connectivity index is 2.15. The van der Waals surface area contributed by atoms with Crippen molar-refractivity contribution >= 4 is 5.69 Å². The molecule has 0 saturated carbocycles. The molecule has 4 nitrogen and oxygen atoms in total. The fourth-order valence-corrected chi connectivity index (χ4v) is 1.52. The topological polar surface area (TPSA) is 56.7 Å². The second-order valence-corrected chi connectivity index (χ2v) is 3.85. The van der Waals surface area contributed by atoms with Gasteiger partial charge in [0.05, 0.1) is 17.6 Å². The standard InChI is InChI=1S/C12H16N4/c1-2-3-4-11-9-16(15-14-11)12-7-5-10(13)6-8-12/h5-9H,2-4,13H2,1H3. The van der Waals surface area contributed by atoms with Crippen molar-refractivity contribution in [1.82, 2.24) is 15.0 Å². The molecule has 84 valence electrons. The molecule has 0 aliphatic carbocycles. The first kappa shape index (κ1) is 10.7. The molecule has 0 atom stereocenters. The largest absolute Gasteiger partial charge is 0.399 e. The molecular weight excluding hydrogens is 200 g/mol. The van der Waals surface area contributed by atoms with E-state index in [9.17, 15) is 0 Å². The minimum absolute atomic E-state index is 0.759. The average Bonchev–Trinajstić information content (AvgIpc) is 2.76. The highest BCUT2D eigenvalue weighted by atomic mass is 15.4. The quantitative estimate of drug-likeness (QED) is 0.797. The first-order valence-corrected chi connectivity index (χ1v) is 5.56. The van der Waals surface area contributed by atoms with E-state index in [4.69, 9.17) is 5.73 Å². The van der Waals surface area contributed by atoms with Crippen LogP contribution in [0.4, 0.5) is 5.69 Å². The number of unbranched alkanes of at least 4 members (excludes halogenated alkanes) is 1. The molecular formula is C12H16N4. The van der Waals surface area contributed by atoms with E-state index in [0.717, 1.165) is 29.9 Å². The molecule has 1 aromatic carbocycles. The van der Waals surface area contributed by atoms with Crippen LogP contribution in [0.25, 0.3) is 5.69 Å². The van der Waals surface area contributed by atoms with Crippen molar-refractivity contribution < 1.29 is 0 Å². The van der Waals surface area contributed by atoms with Gasteiger partial charge in [0.25, 0.3) is 0 Å². The Labute approximate surface area is 95.1 Å². The molecule has 0 fully saturated rings. The Morgan fingerprint density at radius 3 is 2.69 bits per heavy atom. The van der Waals surface area contributed by atoms with E-state index in [-0.39, 0.29) is 0 Å². The number of hydrogen-bond donors (Lipinski definition) is 1. The molecule has 2 aromatic rings.